The van der Waals surface area contributed by atoms with Gasteiger partial charge < -0.3 is 14.3 Å². The molecule has 5 rings (SSSR count). The maximum atomic E-state index is 13.8. The summed E-state index contributed by atoms with van der Waals surface area (Å²) in [4.78, 5) is 59.4. The van der Waals surface area contributed by atoms with Crippen LogP contribution in [-0.2, 0) is 19.2 Å². The second-order valence-corrected chi connectivity index (χ2v) is 8.80. The summed E-state index contributed by atoms with van der Waals surface area (Å²) in [6, 6.07) is 13.7. The number of anilines is 1. The molecular formula is C27H24N4O7. The van der Waals surface area contributed by atoms with Crippen molar-refractivity contribution in [2.75, 3.05) is 18.6 Å². The quantitative estimate of drug-likeness (QED) is 0.266. The van der Waals surface area contributed by atoms with Gasteiger partial charge in [0.1, 0.15) is 17.4 Å². The summed E-state index contributed by atoms with van der Waals surface area (Å²) in [5, 5.41) is 8.19. The smallest absolute Gasteiger partial charge is 0.359 e. The molecule has 11 nitrogen and oxygen atoms in total. The van der Waals surface area contributed by atoms with E-state index in [9.17, 15) is 19.2 Å². The fourth-order valence-corrected chi connectivity index (χ4v) is 4.53. The fraction of sp³-hybridized carbons (Fsp3) is 0.259. The first-order valence-corrected chi connectivity index (χ1v) is 11.9. The molecule has 38 heavy (non-hydrogen) atoms. The summed E-state index contributed by atoms with van der Waals surface area (Å²) in [6.07, 6.45) is -1.29. The first-order chi connectivity index (χ1) is 18.3. The number of hydrogen-bond acceptors (Lipinski definition) is 9. The number of esters is 1. The van der Waals surface area contributed by atoms with E-state index in [1.807, 2.05) is 19.1 Å². The number of imide groups is 1. The van der Waals surface area contributed by atoms with Crippen molar-refractivity contribution in [1.82, 2.24) is 9.78 Å². The van der Waals surface area contributed by atoms with E-state index in [0.717, 1.165) is 10.5 Å². The maximum absolute atomic E-state index is 13.8. The Morgan fingerprint density at radius 2 is 1.63 bits per heavy atom. The molecule has 0 N–H and O–H groups in total. The summed E-state index contributed by atoms with van der Waals surface area (Å²) in [5.74, 6) is -3.56. The number of nitrogens with zero attached hydrogens (tertiary/aromatic N) is 4. The lowest BCUT2D eigenvalue weighted by Crippen LogP contribution is -2.34. The minimum absolute atomic E-state index is 0.0709. The molecule has 0 spiro atoms. The predicted molar refractivity (Wildman–Crippen MR) is 135 cm³/mol. The van der Waals surface area contributed by atoms with Gasteiger partial charge in [-0.25, -0.2) is 14.4 Å². The van der Waals surface area contributed by atoms with E-state index in [1.165, 1.54) is 11.8 Å². The zero-order valence-electron chi connectivity index (χ0n) is 21.1. The van der Waals surface area contributed by atoms with Gasteiger partial charge >= 0.3 is 5.97 Å². The average Bonchev–Trinajstić information content (AvgIpc) is 3.57. The number of aryl methyl sites for hydroxylation is 1. The van der Waals surface area contributed by atoms with Gasteiger partial charge in [-0.2, -0.15) is 5.10 Å². The van der Waals surface area contributed by atoms with Crippen molar-refractivity contribution < 1.29 is 33.5 Å². The highest BCUT2D eigenvalue weighted by Gasteiger charge is 2.58. The number of benzene rings is 2. The standard InChI is InChI=1S/C27H24N4O7/c1-5-37-27(35)22-19(15(3)31(28-22)17-8-6-14(2)7-9-17)23(32)21-20-24(38-29-21)26(34)30(25(20)33)16-10-12-18(36-4)13-11-16/h6-13,20,24H,5H2,1-4H3. The van der Waals surface area contributed by atoms with E-state index in [-0.39, 0.29) is 23.6 Å². The first kappa shape index (κ1) is 24.9. The van der Waals surface area contributed by atoms with E-state index in [0.29, 0.717) is 22.8 Å². The number of ether oxygens (including phenoxy) is 2. The molecule has 0 radical (unpaired) electrons. The third-order valence-electron chi connectivity index (χ3n) is 6.47. The van der Waals surface area contributed by atoms with Crippen LogP contribution in [0.5, 0.6) is 5.75 Å². The number of ketones is 1. The summed E-state index contributed by atoms with van der Waals surface area (Å²) in [6.45, 7) is 5.27. The zero-order valence-corrected chi connectivity index (χ0v) is 21.1. The molecule has 0 saturated carbocycles. The van der Waals surface area contributed by atoms with Crippen molar-refractivity contribution in [1.29, 1.82) is 0 Å². The number of carbonyl (C=O) groups excluding carboxylic acids is 4. The monoisotopic (exact) mass is 516 g/mol. The van der Waals surface area contributed by atoms with Crippen LogP contribution in [0.15, 0.2) is 53.7 Å². The van der Waals surface area contributed by atoms with Crippen molar-refractivity contribution in [3.05, 3.63) is 71.0 Å². The van der Waals surface area contributed by atoms with E-state index in [2.05, 4.69) is 10.3 Å². The number of hydrogen-bond donors (Lipinski definition) is 0. The lowest BCUT2D eigenvalue weighted by Gasteiger charge is -2.15. The Hall–Kier alpha value is -4.80. The first-order valence-electron chi connectivity index (χ1n) is 11.9. The SMILES string of the molecule is CCOC(=O)c1nn(-c2ccc(C)cc2)c(C)c1C(=O)C1=NOC2C(=O)N(c3ccc(OC)cc3)C(=O)C12. The largest absolute Gasteiger partial charge is 0.497 e. The molecule has 2 atom stereocenters. The van der Waals surface area contributed by atoms with Crippen LogP contribution in [0.1, 0.15) is 39.0 Å². The number of fused-ring (bicyclic) bond motifs is 1. The van der Waals surface area contributed by atoms with Gasteiger partial charge in [0.05, 0.1) is 36.3 Å². The van der Waals surface area contributed by atoms with Crippen LogP contribution in [0.4, 0.5) is 5.69 Å². The molecule has 2 aliphatic rings. The third-order valence-corrected chi connectivity index (χ3v) is 6.47. The lowest BCUT2D eigenvalue weighted by molar-refractivity contribution is -0.126. The molecule has 3 aromatic rings. The predicted octanol–water partition coefficient (Wildman–Crippen LogP) is 2.80. The third kappa shape index (κ3) is 3.92. The number of amides is 2. The Balaban J connectivity index is 1.53. The summed E-state index contributed by atoms with van der Waals surface area (Å²) < 4.78 is 11.7. The normalized spacial score (nSPS) is 18.2. The molecule has 1 aromatic heterocycles. The van der Waals surface area contributed by atoms with Crippen molar-refractivity contribution in [3.8, 4) is 11.4 Å². The van der Waals surface area contributed by atoms with Crippen LogP contribution in [0.2, 0.25) is 0 Å². The number of aromatic nitrogens is 2. The molecule has 2 aromatic carbocycles. The van der Waals surface area contributed by atoms with Gasteiger partial charge in [0.2, 0.25) is 17.8 Å². The molecule has 0 bridgehead atoms. The van der Waals surface area contributed by atoms with Gasteiger partial charge in [0, 0.05) is 0 Å². The van der Waals surface area contributed by atoms with Gasteiger partial charge in [-0.15, -0.1) is 0 Å². The molecule has 194 valence electrons. The Morgan fingerprint density at radius 1 is 0.974 bits per heavy atom. The molecule has 1 saturated heterocycles. The van der Waals surface area contributed by atoms with Crippen molar-refractivity contribution >= 4 is 35.0 Å². The Kier molecular flexibility index (Phi) is 6.27. The van der Waals surface area contributed by atoms with E-state index >= 15 is 0 Å². The second kappa shape index (κ2) is 9.58. The second-order valence-electron chi connectivity index (χ2n) is 8.80. The van der Waals surface area contributed by atoms with E-state index in [1.54, 1.807) is 50.2 Å². The van der Waals surface area contributed by atoms with E-state index < -0.39 is 35.6 Å². The number of carbonyl (C=O) groups is 4. The molecule has 2 aliphatic heterocycles. The lowest BCUT2D eigenvalue weighted by atomic mass is 9.92. The van der Waals surface area contributed by atoms with Crippen LogP contribution < -0.4 is 9.64 Å². The van der Waals surface area contributed by atoms with Gasteiger partial charge in [-0.3, -0.25) is 14.4 Å². The van der Waals surface area contributed by atoms with Crippen LogP contribution in [0.25, 0.3) is 5.69 Å². The molecule has 0 aliphatic carbocycles. The Labute approximate surface area is 217 Å². The molecule has 11 heteroatoms. The molecule has 2 unspecified atom stereocenters. The topological polar surface area (TPSA) is 129 Å². The number of Topliss-reactive ketones (excluding diaryl/α,β-unsaturated/α-hetero) is 1. The van der Waals surface area contributed by atoms with Gasteiger partial charge in [-0.05, 0) is 57.2 Å². The molecule has 2 amide bonds. The van der Waals surface area contributed by atoms with Gasteiger partial charge in [-0.1, -0.05) is 22.9 Å². The molecular weight excluding hydrogens is 492 g/mol. The fourth-order valence-electron chi connectivity index (χ4n) is 4.53. The Morgan fingerprint density at radius 3 is 2.26 bits per heavy atom. The molecule has 1 fully saturated rings. The van der Waals surface area contributed by atoms with Crippen LogP contribution in [0, 0.1) is 19.8 Å². The minimum atomic E-state index is -1.29. The van der Waals surface area contributed by atoms with Gasteiger partial charge in [0.15, 0.2) is 5.69 Å². The number of methoxy groups -OCH3 is 1. The van der Waals surface area contributed by atoms with Gasteiger partial charge in [0.25, 0.3) is 5.91 Å². The highest BCUT2D eigenvalue weighted by atomic mass is 16.7. The van der Waals surface area contributed by atoms with Crippen LogP contribution >= 0.6 is 0 Å². The maximum Gasteiger partial charge on any atom is 0.359 e. The Bertz CT molecular complexity index is 1490. The highest BCUT2D eigenvalue weighted by Crippen LogP contribution is 2.35. The summed E-state index contributed by atoms with van der Waals surface area (Å²) in [7, 11) is 1.50. The number of rotatable bonds is 7. The average molecular weight is 517 g/mol. The van der Waals surface area contributed by atoms with Crippen LogP contribution in [0.3, 0.4) is 0 Å². The zero-order chi connectivity index (χ0) is 27.1. The van der Waals surface area contributed by atoms with Crippen LogP contribution in [-0.4, -0.2) is 58.9 Å². The van der Waals surface area contributed by atoms with E-state index in [4.69, 9.17) is 14.3 Å². The highest BCUT2D eigenvalue weighted by molar-refractivity contribution is 6.53. The van der Waals surface area contributed by atoms with Crippen molar-refractivity contribution in [2.45, 2.75) is 26.9 Å². The van der Waals surface area contributed by atoms with Crippen molar-refractivity contribution in [2.24, 2.45) is 11.1 Å². The summed E-state index contributed by atoms with van der Waals surface area (Å²) >= 11 is 0. The van der Waals surface area contributed by atoms with Crippen molar-refractivity contribution in [3.63, 3.8) is 0 Å². The molecule has 3 heterocycles. The summed E-state index contributed by atoms with van der Waals surface area (Å²) in [5.41, 5.74) is 1.73. The minimum Gasteiger partial charge on any atom is -0.497 e. The number of oxime groups is 1.